The van der Waals surface area contributed by atoms with Crippen molar-refractivity contribution in [3.63, 3.8) is 0 Å². The molecule has 1 heterocycles. The average Bonchev–Trinajstić information content (AvgIpc) is 2.01. The fourth-order valence-corrected chi connectivity index (χ4v) is 1.45. The van der Waals surface area contributed by atoms with Gasteiger partial charge < -0.3 is 10.4 Å². The molecule has 0 bridgehead atoms. The number of nitrogens with one attached hydrogen (secondary N) is 1. The highest BCUT2D eigenvalue weighted by molar-refractivity contribution is 5.87. The van der Waals surface area contributed by atoms with Crippen LogP contribution < -0.4 is 5.32 Å². The Kier molecular flexibility index (Phi) is 2.02. The molecule has 1 saturated heterocycles. The number of hydrogen-bond acceptors (Lipinski definition) is 2. The normalized spacial score (nSPS) is 16.6. The molecule has 68 valence electrons. The maximum atomic E-state index is 10.7. The predicted octanol–water partition coefficient (Wildman–Crippen LogP) is 1.07. The van der Waals surface area contributed by atoms with E-state index in [2.05, 4.69) is 5.32 Å². The summed E-state index contributed by atoms with van der Waals surface area (Å²) in [5, 5.41) is 11.9. The first kappa shape index (κ1) is 8.26. The van der Waals surface area contributed by atoms with Gasteiger partial charge in [-0.1, -0.05) is 12.1 Å². The maximum absolute atomic E-state index is 10.7. The Hall–Kier alpha value is -1.35. The second kappa shape index (κ2) is 3.18. The number of rotatable bonds is 2. The lowest BCUT2D eigenvalue weighted by atomic mass is 9.92. The van der Waals surface area contributed by atoms with Gasteiger partial charge in [0.1, 0.15) is 0 Å². The van der Waals surface area contributed by atoms with Crippen molar-refractivity contribution in [1.29, 1.82) is 0 Å². The van der Waals surface area contributed by atoms with Crippen LogP contribution >= 0.6 is 0 Å². The van der Waals surface area contributed by atoms with Crippen LogP contribution in [0.15, 0.2) is 24.3 Å². The van der Waals surface area contributed by atoms with E-state index >= 15 is 0 Å². The van der Waals surface area contributed by atoms with Crippen LogP contribution in [0, 0.1) is 0 Å². The van der Waals surface area contributed by atoms with E-state index < -0.39 is 5.97 Å². The molecule has 0 unspecified atom stereocenters. The zero-order valence-electron chi connectivity index (χ0n) is 7.16. The molecular formula is C10H11NO2. The molecule has 0 spiro atoms. The van der Waals surface area contributed by atoms with Crippen molar-refractivity contribution in [2.45, 2.75) is 5.92 Å². The topological polar surface area (TPSA) is 49.3 Å². The molecule has 0 atom stereocenters. The molecular weight excluding hydrogens is 166 g/mol. The SMILES string of the molecule is O=C(O)c1cccc(C2CNC2)c1. The largest absolute Gasteiger partial charge is 0.478 e. The average molecular weight is 177 g/mol. The lowest BCUT2D eigenvalue weighted by Crippen LogP contribution is -2.39. The van der Waals surface area contributed by atoms with Crippen molar-refractivity contribution in [1.82, 2.24) is 5.32 Å². The smallest absolute Gasteiger partial charge is 0.335 e. The highest BCUT2D eigenvalue weighted by atomic mass is 16.4. The highest BCUT2D eigenvalue weighted by Crippen LogP contribution is 2.20. The minimum atomic E-state index is -0.853. The van der Waals surface area contributed by atoms with E-state index in [0.29, 0.717) is 11.5 Å². The Balaban J connectivity index is 2.26. The zero-order valence-corrected chi connectivity index (χ0v) is 7.16. The Labute approximate surface area is 76.4 Å². The van der Waals surface area contributed by atoms with Crippen molar-refractivity contribution in [3.8, 4) is 0 Å². The van der Waals surface area contributed by atoms with E-state index in [1.165, 1.54) is 0 Å². The molecule has 0 saturated carbocycles. The molecule has 1 fully saturated rings. The van der Waals surface area contributed by atoms with Crippen molar-refractivity contribution >= 4 is 5.97 Å². The monoisotopic (exact) mass is 177 g/mol. The minimum Gasteiger partial charge on any atom is -0.478 e. The van der Waals surface area contributed by atoms with Crippen molar-refractivity contribution < 1.29 is 9.90 Å². The third-order valence-electron chi connectivity index (χ3n) is 2.39. The number of aromatic carboxylic acids is 1. The Morgan fingerprint density at radius 1 is 1.46 bits per heavy atom. The third kappa shape index (κ3) is 1.55. The molecule has 0 amide bonds. The van der Waals surface area contributed by atoms with Crippen LogP contribution in [0.25, 0.3) is 0 Å². The summed E-state index contributed by atoms with van der Waals surface area (Å²) in [6.45, 7) is 1.92. The van der Waals surface area contributed by atoms with Crippen LogP contribution in [0.1, 0.15) is 21.8 Å². The summed E-state index contributed by atoms with van der Waals surface area (Å²) in [7, 11) is 0. The van der Waals surface area contributed by atoms with E-state index in [-0.39, 0.29) is 0 Å². The van der Waals surface area contributed by atoms with Gasteiger partial charge in [-0.15, -0.1) is 0 Å². The van der Waals surface area contributed by atoms with E-state index in [0.717, 1.165) is 18.7 Å². The van der Waals surface area contributed by atoms with Crippen LogP contribution in [0.2, 0.25) is 0 Å². The second-order valence-electron chi connectivity index (χ2n) is 3.29. The lowest BCUT2D eigenvalue weighted by Gasteiger charge is -2.27. The minimum absolute atomic E-state index is 0.379. The van der Waals surface area contributed by atoms with Crippen molar-refractivity contribution in [3.05, 3.63) is 35.4 Å². The van der Waals surface area contributed by atoms with Gasteiger partial charge in [0.15, 0.2) is 0 Å². The maximum Gasteiger partial charge on any atom is 0.335 e. The van der Waals surface area contributed by atoms with Gasteiger partial charge in [-0.2, -0.15) is 0 Å². The molecule has 3 nitrogen and oxygen atoms in total. The van der Waals surface area contributed by atoms with Crippen LogP contribution in [0.3, 0.4) is 0 Å². The van der Waals surface area contributed by atoms with Gasteiger partial charge in [0.25, 0.3) is 0 Å². The summed E-state index contributed by atoms with van der Waals surface area (Å²) in [5.74, 6) is -0.353. The van der Waals surface area contributed by atoms with E-state index in [4.69, 9.17) is 5.11 Å². The van der Waals surface area contributed by atoms with Crippen LogP contribution in [-0.2, 0) is 0 Å². The van der Waals surface area contributed by atoms with Crippen molar-refractivity contribution in [2.24, 2.45) is 0 Å². The predicted molar refractivity (Wildman–Crippen MR) is 49.0 cm³/mol. The number of carboxylic acid groups (broad SMARTS) is 1. The summed E-state index contributed by atoms with van der Waals surface area (Å²) in [4.78, 5) is 10.7. The molecule has 1 aliphatic heterocycles. The van der Waals surface area contributed by atoms with Gasteiger partial charge in [0.05, 0.1) is 5.56 Å². The van der Waals surface area contributed by atoms with Crippen LogP contribution in [0.4, 0.5) is 0 Å². The Morgan fingerprint density at radius 2 is 2.23 bits per heavy atom. The molecule has 0 radical (unpaired) electrons. The lowest BCUT2D eigenvalue weighted by molar-refractivity contribution is 0.0696. The molecule has 2 rings (SSSR count). The van der Waals surface area contributed by atoms with Gasteiger partial charge in [-0.25, -0.2) is 4.79 Å². The molecule has 1 aromatic carbocycles. The molecule has 13 heavy (non-hydrogen) atoms. The quantitative estimate of drug-likeness (QED) is 0.710. The number of carboxylic acids is 1. The van der Waals surface area contributed by atoms with Crippen molar-refractivity contribution in [2.75, 3.05) is 13.1 Å². The second-order valence-corrected chi connectivity index (χ2v) is 3.29. The fourth-order valence-electron chi connectivity index (χ4n) is 1.45. The first-order valence-electron chi connectivity index (χ1n) is 4.31. The standard InChI is InChI=1S/C10H11NO2/c12-10(13)8-3-1-2-7(4-8)9-5-11-6-9/h1-4,9,11H,5-6H2,(H,12,13). The van der Waals surface area contributed by atoms with Crippen LogP contribution in [-0.4, -0.2) is 24.2 Å². The molecule has 3 heteroatoms. The zero-order chi connectivity index (χ0) is 9.26. The summed E-state index contributed by atoms with van der Waals surface area (Å²) in [6.07, 6.45) is 0. The van der Waals surface area contributed by atoms with Gasteiger partial charge >= 0.3 is 5.97 Å². The first-order chi connectivity index (χ1) is 6.27. The number of benzene rings is 1. The number of hydrogen-bond donors (Lipinski definition) is 2. The van der Waals surface area contributed by atoms with Gasteiger partial charge in [-0.05, 0) is 17.7 Å². The first-order valence-corrected chi connectivity index (χ1v) is 4.31. The van der Waals surface area contributed by atoms with Crippen LogP contribution in [0.5, 0.6) is 0 Å². The van der Waals surface area contributed by atoms with E-state index in [9.17, 15) is 4.79 Å². The molecule has 2 N–H and O–H groups in total. The fraction of sp³-hybridized carbons (Fsp3) is 0.300. The Morgan fingerprint density at radius 3 is 2.77 bits per heavy atom. The van der Waals surface area contributed by atoms with E-state index in [1.807, 2.05) is 6.07 Å². The molecule has 1 aromatic rings. The summed E-state index contributed by atoms with van der Waals surface area (Å²) >= 11 is 0. The Bertz CT molecular complexity index is 331. The molecule has 1 aliphatic rings. The summed E-state index contributed by atoms with van der Waals surface area (Å²) < 4.78 is 0. The summed E-state index contributed by atoms with van der Waals surface area (Å²) in [6, 6.07) is 7.17. The number of carbonyl (C=O) groups is 1. The molecule has 0 aliphatic carbocycles. The highest BCUT2D eigenvalue weighted by Gasteiger charge is 2.19. The van der Waals surface area contributed by atoms with Gasteiger partial charge in [0.2, 0.25) is 0 Å². The van der Waals surface area contributed by atoms with Gasteiger partial charge in [0, 0.05) is 19.0 Å². The van der Waals surface area contributed by atoms with Gasteiger partial charge in [-0.3, -0.25) is 0 Å². The summed E-state index contributed by atoms with van der Waals surface area (Å²) in [5.41, 5.74) is 1.50. The third-order valence-corrected chi connectivity index (χ3v) is 2.39. The molecule has 0 aromatic heterocycles. The van der Waals surface area contributed by atoms with E-state index in [1.54, 1.807) is 18.2 Å².